The van der Waals surface area contributed by atoms with E-state index in [-0.39, 0.29) is 11.8 Å². The first-order valence-electron chi connectivity index (χ1n) is 6.63. The Hall–Kier alpha value is -1.84. The molecule has 0 fully saturated rings. The summed E-state index contributed by atoms with van der Waals surface area (Å²) in [6.45, 7) is 4.86. The van der Waals surface area contributed by atoms with Gasteiger partial charge in [0, 0.05) is 33.5 Å². The van der Waals surface area contributed by atoms with Gasteiger partial charge in [-0.25, -0.2) is 0 Å². The van der Waals surface area contributed by atoms with Crippen LogP contribution in [0, 0.1) is 0 Å². The van der Waals surface area contributed by atoms with Crippen LogP contribution in [-0.2, 0) is 16.0 Å². The monoisotopic (exact) mass is 262 g/mol. The fourth-order valence-corrected chi connectivity index (χ4v) is 1.91. The molecule has 1 N–H and O–H groups in total. The van der Waals surface area contributed by atoms with Crippen LogP contribution in [0.4, 0.5) is 0 Å². The van der Waals surface area contributed by atoms with E-state index in [2.05, 4.69) is 17.4 Å². The standard InChI is InChI=1S/C15H22N2O2/c1-13(18)16-10-12-17(14(2)19)11-6-9-15-7-4-3-5-8-15/h3-5,7-8H,6,9-12H2,1-2H3,(H,16,18). The van der Waals surface area contributed by atoms with E-state index < -0.39 is 0 Å². The summed E-state index contributed by atoms with van der Waals surface area (Å²) in [5.74, 6) is -0.00815. The van der Waals surface area contributed by atoms with Crippen molar-refractivity contribution >= 4 is 11.8 Å². The molecule has 4 heteroatoms. The quantitative estimate of drug-likeness (QED) is 0.811. The Bertz CT molecular complexity index is 404. The molecular weight excluding hydrogens is 240 g/mol. The topological polar surface area (TPSA) is 49.4 Å². The summed E-state index contributed by atoms with van der Waals surface area (Å²) in [7, 11) is 0. The maximum atomic E-state index is 11.5. The molecule has 0 saturated heterocycles. The van der Waals surface area contributed by atoms with Gasteiger partial charge in [-0.3, -0.25) is 9.59 Å². The molecule has 0 aliphatic carbocycles. The van der Waals surface area contributed by atoms with E-state index in [4.69, 9.17) is 0 Å². The van der Waals surface area contributed by atoms with Crippen LogP contribution in [0.3, 0.4) is 0 Å². The highest BCUT2D eigenvalue weighted by Gasteiger charge is 2.08. The molecule has 104 valence electrons. The van der Waals surface area contributed by atoms with Gasteiger partial charge < -0.3 is 10.2 Å². The minimum atomic E-state index is -0.0622. The Morgan fingerprint density at radius 3 is 2.37 bits per heavy atom. The lowest BCUT2D eigenvalue weighted by Gasteiger charge is -2.21. The number of hydrogen-bond donors (Lipinski definition) is 1. The van der Waals surface area contributed by atoms with Gasteiger partial charge in [0.15, 0.2) is 0 Å². The van der Waals surface area contributed by atoms with Gasteiger partial charge in [0.2, 0.25) is 11.8 Å². The molecule has 0 aliphatic heterocycles. The van der Waals surface area contributed by atoms with Crippen molar-refractivity contribution in [1.82, 2.24) is 10.2 Å². The lowest BCUT2D eigenvalue weighted by Crippen LogP contribution is -2.37. The average molecular weight is 262 g/mol. The van der Waals surface area contributed by atoms with Crippen molar-refractivity contribution in [3.63, 3.8) is 0 Å². The van der Waals surface area contributed by atoms with Crippen molar-refractivity contribution in [3.8, 4) is 0 Å². The van der Waals surface area contributed by atoms with E-state index in [1.165, 1.54) is 12.5 Å². The minimum absolute atomic E-state index is 0.0541. The lowest BCUT2D eigenvalue weighted by atomic mass is 10.1. The minimum Gasteiger partial charge on any atom is -0.355 e. The number of nitrogens with zero attached hydrogens (tertiary/aromatic N) is 1. The predicted octanol–water partition coefficient (Wildman–Crippen LogP) is 1.60. The van der Waals surface area contributed by atoms with E-state index in [1.54, 1.807) is 11.8 Å². The zero-order chi connectivity index (χ0) is 14.1. The number of aryl methyl sites for hydroxylation is 1. The van der Waals surface area contributed by atoms with Crippen LogP contribution in [0.15, 0.2) is 30.3 Å². The highest BCUT2D eigenvalue weighted by atomic mass is 16.2. The zero-order valence-corrected chi connectivity index (χ0v) is 11.7. The van der Waals surface area contributed by atoms with E-state index >= 15 is 0 Å². The number of carbonyl (C=O) groups excluding carboxylic acids is 2. The van der Waals surface area contributed by atoms with Crippen LogP contribution in [0.25, 0.3) is 0 Å². The molecule has 1 aromatic rings. The number of hydrogen-bond acceptors (Lipinski definition) is 2. The molecule has 0 unspecified atom stereocenters. The summed E-state index contributed by atoms with van der Waals surface area (Å²) >= 11 is 0. The molecule has 0 aliphatic rings. The van der Waals surface area contributed by atoms with Crippen LogP contribution in [0.2, 0.25) is 0 Å². The maximum absolute atomic E-state index is 11.5. The van der Waals surface area contributed by atoms with Gasteiger partial charge in [0.25, 0.3) is 0 Å². The van der Waals surface area contributed by atoms with Crippen molar-refractivity contribution in [1.29, 1.82) is 0 Å². The molecule has 0 aromatic heterocycles. The van der Waals surface area contributed by atoms with E-state index in [9.17, 15) is 9.59 Å². The Labute approximate surface area is 114 Å². The SMILES string of the molecule is CC(=O)NCCN(CCCc1ccccc1)C(C)=O. The zero-order valence-electron chi connectivity index (χ0n) is 11.7. The van der Waals surface area contributed by atoms with Crippen molar-refractivity contribution in [2.24, 2.45) is 0 Å². The van der Waals surface area contributed by atoms with Gasteiger partial charge in [-0.15, -0.1) is 0 Å². The van der Waals surface area contributed by atoms with E-state index in [0.29, 0.717) is 13.1 Å². The second-order valence-electron chi connectivity index (χ2n) is 4.58. The third kappa shape index (κ3) is 6.60. The van der Waals surface area contributed by atoms with Gasteiger partial charge in [0.05, 0.1) is 0 Å². The van der Waals surface area contributed by atoms with Gasteiger partial charge in [-0.1, -0.05) is 30.3 Å². The molecule has 2 amide bonds. The predicted molar refractivity (Wildman–Crippen MR) is 75.7 cm³/mol. The van der Waals surface area contributed by atoms with Gasteiger partial charge in [-0.2, -0.15) is 0 Å². The Kier molecular flexibility index (Phi) is 6.64. The van der Waals surface area contributed by atoms with Crippen molar-refractivity contribution in [2.45, 2.75) is 26.7 Å². The Balaban J connectivity index is 2.29. The molecule has 0 heterocycles. The normalized spacial score (nSPS) is 10.0. The highest BCUT2D eigenvalue weighted by molar-refractivity contribution is 5.74. The number of carbonyl (C=O) groups is 2. The van der Waals surface area contributed by atoms with Gasteiger partial charge in [0.1, 0.15) is 0 Å². The first-order chi connectivity index (χ1) is 9.09. The molecule has 0 radical (unpaired) electrons. The van der Waals surface area contributed by atoms with Crippen LogP contribution in [0.1, 0.15) is 25.8 Å². The van der Waals surface area contributed by atoms with Crippen LogP contribution < -0.4 is 5.32 Å². The molecule has 0 atom stereocenters. The third-order valence-corrected chi connectivity index (χ3v) is 2.94. The second-order valence-corrected chi connectivity index (χ2v) is 4.58. The molecule has 0 spiro atoms. The van der Waals surface area contributed by atoms with E-state index in [1.807, 2.05) is 18.2 Å². The van der Waals surface area contributed by atoms with Crippen molar-refractivity contribution < 1.29 is 9.59 Å². The number of rotatable bonds is 7. The highest BCUT2D eigenvalue weighted by Crippen LogP contribution is 2.03. The summed E-state index contributed by atoms with van der Waals surface area (Å²) in [4.78, 5) is 24.0. The second kappa shape index (κ2) is 8.29. The summed E-state index contributed by atoms with van der Waals surface area (Å²) in [5.41, 5.74) is 1.29. The molecule has 19 heavy (non-hydrogen) atoms. The summed E-state index contributed by atoms with van der Waals surface area (Å²) < 4.78 is 0. The first-order valence-corrected chi connectivity index (χ1v) is 6.63. The molecule has 1 rings (SSSR count). The fraction of sp³-hybridized carbons (Fsp3) is 0.467. The van der Waals surface area contributed by atoms with E-state index in [0.717, 1.165) is 19.4 Å². The summed E-state index contributed by atoms with van der Waals surface area (Å²) in [6.07, 6.45) is 1.90. The molecule has 0 saturated carbocycles. The first kappa shape index (κ1) is 15.2. The number of nitrogens with one attached hydrogen (secondary N) is 1. The molecule has 0 bridgehead atoms. The largest absolute Gasteiger partial charge is 0.355 e. The van der Waals surface area contributed by atoms with Crippen molar-refractivity contribution in [2.75, 3.05) is 19.6 Å². The summed E-state index contributed by atoms with van der Waals surface area (Å²) in [5, 5.41) is 2.71. The van der Waals surface area contributed by atoms with Gasteiger partial charge in [-0.05, 0) is 18.4 Å². The smallest absolute Gasteiger partial charge is 0.219 e. The summed E-state index contributed by atoms with van der Waals surface area (Å²) in [6, 6.07) is 10.2. The molecule has 1 aromatic carbocycles. The maximum Gasteiger partial charge on any atom is 0.219 e. The Morgan fingerprint density at radius 2 is 1.79 bits per heavy atom. The lowest BCUT2D eigenvalue weighted by molar-refractivity contribution is -0.129. The molecular formula is C15H22N2O2. The third-order valence-electron chi connectivity index (χ3n) is 2.94. The van der Waals surface area contributed by atoms with Gasteiger partial charge >= 0.3 is 0 Å². The Morgan fingerprint density at radius 1 is 1.11 bits per heavy atom. The van der Waals surface area contributed by atoms with Crippen molar-refractivity contribution in [3.05, 3.63) is 35.9 Å². The number of amides is 2. The molecule has 4 nitrogen and oxygen atoms in total. The van der Waals surface area contributed by atoms with Crippen LogP contribution in [0.5, 0.6) is 0 Å². The van der Waals surface area contributed by atoms with Crippen LogP contribution in [-0.4, -0.2) is 36.3 Å². The average Bonchev–Trinajstić information content (AvgIpc) is 2.37. The van der Waals surface area contributed by atoms with Crippen LogP contribution >= 0.6 is 0 Å². The number of benzene rings is 1. The fourth-order valence-electron chi connectivity index (χ4n) is 1.91.